The molecule has 0 aliphatic rings. The first-order valence-electron chi connectivity index (χ1n) is 6.05. The van der Waals surface area contributed by atoms with Crippen LogP contribution in [0.25, 0.3) is 11.3 Å². The minimum atomic E-state index is -2.57. The van der Waals surface area contributed by atoms with Gasteiger partial charge < -0.3 is 5.73 Å². The molecule has 5 heteroatoms. The molecule has 2 rings (SSSR count). The van der Waals surface area contributed by atoms with Gasteiger partial charge in [-0.1, -0.05) is 30.3 Å². The highest BCUT2D eigenvalue weighted by molar-refractivity contribution is 5.59. The first-order chi connectivity index (χ1) is 8.90. The second-order valence-corrected chi connectivity index (χ2v) is 4.99. The van der Waals surface area contributed by atoms with Crippen LogP contribution < -0.4 is 5.73 Å². The zero-order valence-corrected chi connectivity index (χ0v) is 11.0. The molecule has 2 aromatic rings. The molecule has 0 bridgehead atoms. The molecule has 102 valence electrons. The quantitative estimate of drug-likeness (QED) is 0.923. The van der Waals surface area contributed by atoms with Crippen molar-refractivity contribution >= 4 is 0 Å². The zero-order valence-electron chi connectivity index (χ0n) is 11.0. The van der Waals surface area contributed by atoms with Crippen LogP contribution in [0, 0.1) is 0 Å². The monoisotopic (exact) mass is 265 g/mol. The van der Waals surface area contributed by atoms with Crippen LogP contribution in [0.5, 0.6) is 0 Å². The molecule has 0 saturated heterocycles. The van der Waals surface area contributed by atoms with E-state index >= 15 is 0 Å². The van der Waals surface area contributed by atoms with Gasteiger partial charge in [-0.3, -0.25) is 4.68 Å². The van der Waals surface area contributed by atoms with Crippen LogP contribution in [0.3, 0.4) is 0 Å². The summed E-state index contributed by atoms with van der Waals surface area (Å²) in [6.45, 7) is 1.35. The molecule has 19 heavy (non-hydrogen) atoms. The number of aromatic nitrogens is 2. The minimum absolute atomic E-state index is 0.0843. The van der Waals surface area contributed by atoms with Crippen LogP contribution in [0.1, 0.15) is 12.6 Å². The van der Waals surface area contributed by atoms with Crippen molar-refractivity contribution in [1.29, 1.82) is 0 Å². The second-order valence-electron chi connectivity index (χ2n) is 4.99. The molecule has 0 saturated carbocycles. The maximum absolute atomic E-state index is 12.8. The number of alkyl halides is 2. The third kappa shape index (κ3) is 2.98. The Morgan fingerprint density at radius 1 is 1.32 bits per heavy atom. The maximum atomic E-state index is 12.8. The van der Waals surface area contributed by atoms with Gasteiger partial charge in [-0.05, 0) is 13.0 Å². The molecule has 0 spiro atoms. The van der Waals surface area contributed by atoms with Crippen molar-refractivity contribution < 1.29 is 8.78 Å². The van der Waals surface area contributed by atoms with Crippen molar-refractivity contribution in [3.8, 4) is 11.3 Å². The third-order valence-corrected chi connectivity index (χ3v) is 3.11. The Morgan fingerprint density at radius 2 is 1.95 bits per heavy atom. The van der Waals surface area contributed by atoms with Crippen LogP contribution in [0.2, 0.25) is 0 Å². The smallest absolute Gasteiger partial charge is 0.256 e. The topological polar surface area (TPSA) is 43.8 Å². The van der Waals surface area contributed by atoms with Gasteiger partial charge in [0.05, 0.1) is 11.2 Å². The molecule has 1 atom stereocenters. The van der Waals surface area contributed by atoms with Crippen molar-refractivity contribution in [2.45, 2.75) is 25.3 Å². The number of halogens is 2. The molecule has 1 heterocycles. The summed E-state index contributed by atoms with van der Waals surface area (Å²) in [5.41, 5.74) is 6.50. The fourth-order valence-corrected chi connectivity index (χ4v) is 1.89. The summed E-state index contributed by atoms with van der Waals surface area (Å²) in [5, 5.41) is 4.34. The molecule has 0 radical (unpaired) electrons. The Labute approximate surface area is 111 Å². The summed E-state index contributed by atoms with van der Waals surface area (Å²) in [4.78, 5) is 0. The molecule has 0 aliphatic carbocycles. The number of hydrogen-bond donors (Lipinski definition) is 1. The normalized spacial score (nSPS) is 14.6. The van der Waals surface area contributed by atoms with E-state index in [2.05, 4.69) is 5.10 Å². The molecule has 1 unspecified atom stereocenters. The van der Waals surface area contributed by atoms with Crippen LogP contribution in [-0.4, -0.2) is 21.7 Å². The van der Waals surface area contributed by atoms with E-state index in [4.69, 9.17) is 5.73 Å². The van der Waals surface area contributed by atoms with Gasteiger partial charge in [-0.2, -0.15) is 5.10 Å². The Bertz CT molecular complexity index is 547. The standard InChI is InChI=1S/C14H17F2N3/c1-14(17,13(15)16)9-11-8-12(18-19(11)2)10-6-4-3-5-7-10/h3-8,13H,9,17H2,1-2H3. The van der Waals surface area contributed by atoms with E-state index in [-0.39, 0.29) is 6.42 Å². The van der Waals surface area contributed by atoms with Gasteiger partial charge in [0.2, 0.25) is 0 Å². The molecule has 3 nitrogen and oxygen atoms in total. The number of benzene rings is 1. The van der Waals surface area contributed by atoms with Gasteiger partial charge in [0, 0.05) is 24.7 Å². The van der Waals surface area contributed by atoms with Crippen molar-refractivity contribution in [3.63, 3.8) is 0 Å². The van der Waals surface area contributed by atoms with E-state index < -0.39 is 12.0 Å². The third-order valence-electron chi connectivity index (χ3n) is 3.11. The highest BCUT2D eigenvalue weighted by atomic mass is 19.3. The Hall–Kier alpha value is -1.75. The molecule has 1 aromatic carbocycles. The average molecular weight is 265 g/mol. The zero-order chi connectivity index (χ0) is 14.0. The summed E-state index contributed by atoms with van der Waals surface area (Å²) in [6, 6.07) is 11.4. The number of nitrogens with zero attached hydrogens (tertiary/aromatic N) is 2. The lowest BCUT2D eigenvalue weighted by Crippen LogP contribution is -2.46. The van der Waals surface area contributed by atoms with Crippen LogP contribution in [-0.2, 0) is 13.5 Å². The van der Waals surface area contributed by atoms with Crippen molar-refractivity contribution in [2.75, 3.05) is 0 Å². The summed E-state index contributed by atoms with van der Waals surface area (Å²) in [6.07, 6.45) is -2.48. The number of nitrogens with two attached hydrogens (primary N) is 1. The van der Waals surface area contributed by atoms with Crippen molar-refractivity contribution in [1.82, 2.24) is 9.78 Å². The van der Waals surface area contributed by atoms with Gasteiger partial charge in [-0.15, -0.1) is 0 Å². The summed E-state index contributed by atoms with van der Waals surface area (Å²) >= 11 is 0. The number of aryl methyl sites for hydroxylation is 1. The Kier molecular flexibility index (Phi) is 3.66. The first kappa shape index (κ1) is 13.7. The molecule has 1 aromatic heterocycles. The fourth-order valence-electron chi connectivity index (χ4n) is 1.89. The van der Waals surface area contributed by atoms with E-state index in [9.17, 15) is 8.78 Å². The summed E-state index contributed by atoms with van der Waals surface area (Å²) in [5.74, 6) is 0. The Balaban J connectivity index is 2.28. The lowest BCUT2D eigenvalue weighted by molar-refractivity contribution is 0.0629. The first-order valence-corrected chi connectivity index (χ1v) is 6.05. The predicted octanol–water partition coefficient (Wildman–Crippen LogP) is 2.61. The van der Waals surface area contributed by atoms with E-state index in [1.165, 1.54) is 6.92 Å². The van der Waals surface area contributed by atoms with Gasteiger partial charge in [0.25, 0.3) is 6.43 Å². The Morgan fingerprint density at radius 3 is 2.53 bits per heavy atom. The lowest BCUT2D eigenvalue weighted by atomic mass is 9.97. The number of hydrogen-bond acceptors (Lipinski definition) is 2. The minimum Gasteiger partial charge on any atom is -0.320 e. The molecule has 0 fully saturated rings. The SMILES string of the molecule is Cn1nc(-c2ccccc2)cc1CC(C)(N)C(F)F. The van der Waals surface area contributed by atoms with Gasteiger partial charge >= 0.3 is 0 Å². The molecule has 2 N–H and O–H groups in total. The van der Waals surface area contributed by atoms with E-state index in [0.717, 1.165) is 11.3 Å². The highest BCUT2D eigenvalue weighted by Crippen LogP contribution is 2.22. The predicted molar refractivity (Wildman–Crippen MR) is 70.9 cm³/mol. The highest BCUT2D eigenvalue weighted by Gasteiger charge is 2.31. The largest absolute Gasteiger partial charge is 0.320 e. The van der Waals surface area contributed by atoms with Crippen molar-refractivity contribution in [3.05, 3.63) is 42.1 Å². The number of rotatable bonds is 4. The van der Waals surface area contributed by atoms with E-state index in [1.54, 1.807) is 11.7 Å². The van der Waals surface area contributed by atoms with E-state index in [0.29, 0.717) is 5.69 Å². The maximum Gasteiger partial charge on any atom is 0.256 e. The molecule has 0 aliphatic heterocycles. The van der Waals surface area contributed by atoms with Gasteiger partial charge in [0.15, 0.2) is 0 Å². The average Bonchev–Trinajstić information content (AvgIpc) is 2.71. The van der Waals surface area contributed by atoms with Gasteiger partial charge in [0.1, 0.15) is 0 Å². The van der Waals surface area contributed by atoms with Crippen LogP contribution in [0.15, 0.2) is 36.4 Å². The fraction of sp³-hybridized carbons (Fsp3) is 0.357. The van der Waals surface area contributed by atoms with E-state index in [1.807, 2.05) is 36.4 Å². The summed E-state index contributed by atoms with van der Waals surface area (Å²) < 4.78 is 27.2. The van der Waals surface area contributed by atoms with Crippen LogP contribution in [0.4, 0.5) is 8.78 Å². The van der Waals surface area contributed by atoms with Gasteiger partial charge in [-0.25, -0.2) is 8.78 Å². The molecule has 0 amide bonds. The lowest BCUT2D eigenvalue weighted by Gasteiger charge is -2.23. The van der Waals surface area contributed by atoms with Crippen molar-refractivity contribution in [2.24, 2.45) is 12.8 Å². The molecular formula is C14H17F2N3. The molecular weight excluding hydrogens is 248 g/mol. The second kappa shape index (κ2) is 5.09. The summed E-state index contributed by atoms with van der Waals surface area (Å²) in [7, 11) is 1.74. The van der Waals surface area contributed by atoms with Crippen LogP contribution >= 0.6 is 0 Å².